The van der Waals surface area contributed by atoms with Gasteiger partial charge in [0, 0.05) is 37.7 Å². The molecule has 1 aliphatic heterocycles. The predicted octanol–water partition coefficient (Wildman–Crippen LogP) is 3.02. The number of nitrogens with zero attached hydrogens (tertiary/aromatic N) is 3. The summed E-state index contributed by atoms with van der Waals surface area (Å²) in [7, 11) is -2.22. The second-order valence-corrected chi connectivity index (χ2v) is 11.7. The highest BCUT2D eigenvalue weighted by Crippen LogP contribution is 2.28. The van der Waals surface area contributed by atoms with Gasteiger partial charge in [-0.1, -0.05) is 50.8 Å². The number of fused-ring (bicyclic) bond motifs is 1. The van der Waals surface area contributed by atoms with E-state index in [0.717, 1.165) is 6.42 Å². The zero-order chi connectivity index (χ0) is 26.5. The number of likely N-dealkylation sites (N-methyl/N-ethyl adjacent to an activating group) is 1. The summed E-state index contributed by atoms with van der Waals surface area (Å²) < 4.78 is 33.7. The third kappa shape index (κ3) is 6.44. The van der Waals surface area contributed by atoms with Crippen molar-refractivity contribution in [1.29, 1.82) is 0 Å². The van der Waals surface area contributed by atoms with Crippen LogP contribution < -0.4 is 4.74 Å². The van der Waals surface area contributed by atoms with Gasteiger partial charge in [-0.3, -0.25) is 4.79 Å². The van der Waals surface area contributed by atoms with E-state index in [4.69, 9.17) is 4.74 Å². The fourth-order valence-corrected chi connectivity index (χ4v) is 5.07. The molecule has 0 radical (unpaired) electrons. The maximum absolute atomic E-state index is 13.5. The van der Waals surface area contributed by atoms with E-state index in [9.17, 15) is 18.3 Å². The molecule has 0 spiro atoms. The Bertz CT molecular complexity index is 1220. The summed E-state index contributed by atoms with van der Waals surface area (Å²) in [4.78, 5) is 19.7. The SMILES string of the molecule is CC(C)CC#Cc1cnc2c(c1)C(=O)N([C@@H](C)CO)C[C@H](C)[C@@H](CN(C)S(=O)(=O)c1ccccc1)O2. The van der Waals surface area contributed by atoms with Crippen LogP contribution >= 0.6 is 0 Å². The number of carbonyl (C=O) groups excluding carboxylic acids is 1. The minimum absolute atomic E-state index is 0.0605. The van der Waals surface area contributed by atoms with Crippen molar-refractivity contribution in [3.8, 4) is 17.7 Å². The molecule has 36 heavy (non-hydrogen) atoms. The van der Waals surface area contributed by atoms with Gasteiger partial charge in [0.15, 0.2) is 0 Å². The average Bonchev–Trinajstić information content (AvgIpc) is 2.86. The molecule has 194 valence electrons. The van der Waals surface area contributed by atoms with Crippen molar-refractivity contribution in [3.63, 3.8) is 0 Å². The summed E-state index contributed by atoms with van der Waals surface area (Å²) >= 11 is 0. The van der Waals surface area contributed by atoms with E-state index < -0.39 is 22.2 Å². The summed E-state index contributed by atoms with van der Waals surface area (Å²) in [5.41, 5.74) is 0.842. The van der Waals surface area contributed by atoms with Crippen LogP contribution in [0.2, 0.25) is 0 Å². The highest BCUT2D eigenvalue weighted by Gasteiger charge is 2.35. The molecule has 1 amide bonds. The van der Waals surface area contributed by atoms with Crippen LogP contribution in [-0.4, -0.2) is 72.5 Å². The second kappa shape index (κ2) is 11.9. The number of hydrogen-bond donors (Lipinski definition) is 1. The number of pyridine rings is 1. The van der Waals surface area contributed by atoms with Crippen LogP contribution in [0.5, 0.6) is 5.88 Å². The molecule has 9 heteroatoms. The summed E-state index contributed by atoms with van der Waals surface area (Å²) in [6.07, 6.45) is 1.70. The number of amides is 1. The molecule has 1 aromatic carbocycles. The van der Waals surface area contributed by atoms with Crippen LogP contribution in [0.15, 0.2) is 47.5 Å². The number of aromatic nitrogens is 1. The lowest BCUT2D eigenvalue weighted by atomic mass is 10.00. The number of sulfonamides is 1. The smallest absolute Gasteiger partial charge is 0.259 e. The molecular weight excluding hydrogens is 478 g/mol. The summed E-state index contributed by atoms with van der Waals surface area (Å²) in [6.45, 7) is 7.97. The van der Waals surface area contributed by atoms with E-state index in [1.54, 1.807) is 54.4 Å². The maximum atomic E-state index is 13.5. The molecule has 3 rings (SSSR count). The Kier molecular flexibility index (Phi) is 9.12. The zero-order valence-corrected chi connectivity index (χ0v) is 22.3. The number of aliphatic hydroxyl groups is 1. The molecule has 1 N–H and O–H groups in total. The number of hydrogen-bond acceptors (Lipinski definition) is 6. The number of aliphatic hydroxyl groups excluding tert-OH is 1. The van der Waals surface area contributed by atoms with Crippen molar-refractivity contribution in [2.24, 2.45) is 11.8 Å². The third-order valence-corrected chi connectivity index (χ3v) is 7.99. The van der Waals surface area contributed by atoms with E-state index in [1.807, 2.05) is 6.92 Å². The van der Waals surface area contributed by atoms with Crippen LogP contribution in [0.25, 0.3) is 0 Å². The van der Waals surface area contributed by atoms with Gasteiger partial charge in [-0.2, -0.15) is 4.31 Å². The summed E-state index contributed by atoms with van der Waals surface area (Å²) in [5.74, 6) is 6.17. The van der Waals surface area contributed by atoms with Gasteiger partial charge in [-0.25, -0.2) is 13.4 Å². The van der Waals surface area contributed by atoms with Gasteiger partial charge in [-0.15, -0.1) is 0 Å². The van der Waals surface area contributed by atoms with Crippen molar-refractivity contribution >= 4 is 15.9 Å². The van der Waals surface area contributed by atoms with E-state index in [0.29, 0.717) is 11.5 Å². The lowest BCUT2D eigenvalue weighted by Crippen LogP contribution is -2.50. The Morgan fingerprint density at radius 3 is 2.58 bits per heavy atom. The Morgan fingerprint density at radius 1 is 1.25 bits per heavy atom. The van der Waals surface area contributed by atoms with Gasteiger partial charge in [-0.05, 0) is 31.0 Å². The van der Waals surface area contributed by atoms with Crippen molar-refractivity contribution in [3.05, 3.63) is 53.7 Å². The number of carbonyl (C=O) groups is 1. The molecule has 0 fully saturated rings. The third-order valence-electron chi connectivity index (χ3n) is 6.15. The molecule has 1 aromatic heterocycles. The van der Waals surface area contributed by atoms with E-state index in [1.165, 1.54) is 11.4 Å². The highest BCUT2D eigenvalue weighted by molar-refractivity contribution is 7.89. The summed E-state index contributed by atoms with van der Waals surface area (Å²) in [6, 6.07) is 9.44. The molecule has 2 heterocycles. The molecular formula is C27H35N3O5S. The number of rotatable bonds is 7. The lowest BCUT2D eigenvalue weighted by molar-refractivity contribution is 0.0373. The molecule has 3 atom stereocenters. The maximum Gasteiger partial charge on any atom is 0.259 e. The molecule has 2 aromatic rings. The van der Waals surface area contributed by atoms with Crippen LogP contribution in [0.3, 0.4) is 0 Å². The molecule has 0 saturated heterocycles. The molecule has 0 saturated carbocycles. The fraction of sp³-hybridized carbons (Fsp3) is 0.481. The lowest BCUT2D eigenvalue weighted by Gasteiger charge is -2.37. The van der Waals surface area contributed by atoms with Crippen LogP contribution in [-0.2, 0) is 10.0 Å². The quantitative estimate of drug-likeness (QED) is 0.572. The number of ether oxygens (including phenoxy) is 1. The standard InChI is InChI=1S/C27H35N3O5S/c1-19(2)10-9-11-22-14-24-26(28-15-22)35-25(20(3)16-30(27(24)32)21(4)18-31)17-29(5)36(33,34)23-12-7-6-8-13-23/h6-8,12-15,19-21,25,31H,10,16-18H2,1-5H3/t20-,21-,25+/m0/s1. The van der Waals surface area contributed by atoms with Crippen molar-refractivity contribution in [1.82, 2.24) is 14.2 Å². The molecule has 0 unspecified atom stereocenters. The second-order valence-electron chi connectivity index (χ2n) is 9.70. The highest BCUT2D eigenvalue weighted by atomic mass is 32.2. The van der Waals surface area contributed by atoms with Gasteiger partial charge in [0.2, 0.25) is 15.9 Å². The minimum Gasteiger partial charge on any atom is -0.472 e. The largest absolute Gasteiger partial charge is 0.472 e. The Hall–Kier alpha value is -2.93. The first-order valence-electron chi connectivity index (χ1n) is 12.1. The van der Waals surface area contributed by atoms with Gasteiger partial charge in [0.25, 0.3) is 5.91 Å². The predicted molar refractivity (Wildman–Crippen MR) is 138 cm³/mol. The normalized spacial score (nSPS) is 19.1. The first kappa shape index (κ1) is 27.7. The van der Waals surface area contributed by atoms with Crippen LogP contribution in [0.1, 0.15) is 50.0 Å². The average molecular weight is 514 g/mol. The first-order chi connectivity index (χ1) is 17.0. The molecule has 0 aliphatic carbocycles. The molecule has 8 nitrogen and oxygen atoms in total. The van der Waals surface area contributed by atoms with Crippen molar-refractivity contribution in [2.45, 2.75) is 51.2 Å². The summed E-state index contributed by atoms with van der Waals surface area (Å²) in [5, 5.41) is 9.82. The Morgan fingerprint density at radius 2 is 1.94 bits per heavy atom. The minimum atomic E-state index is -3.74. The number of benzene rings is 1. The van der Waals surface area contributed by atoms with Crippen LogP contribution in [0.4, 0.5) is 0 Å². The van der Waals surface area contributed by atoms with Crippen molar-refractivity contribution < 1.29 is 23.1 Å². The molecule has 1 aliphatic rings. The monoisotopic (exact) mass is 513 g/mol. The Balaban J connectivity index is 1.97. The van der Waals surface area contributed by atoms with E-state index in [2.05, 4.69) is 30.7 Å². The van der Waals surface area contributed by atoms with Gasteiger partial charge < -0.3 is 14.7 Å². The molecule has 0 bridgehead atoms. The topological polar surface area (TPSA) is 100 Å². The van der Waals surface area contributed by atoms with Gasteiger partial charge in [0.05, 0.1) is 24.1 Å². The first-order valence-corrected chi connectivity index (χ1v) is 13.6. The fourth-order valence-electron chi connectivity index (χ4n) is 3.87. The van der Waals surface area contributed by atoms with E-state index in [-0.39, 0.29) is 47.9 Å². The zero-order valence-electron chi connectivity index (χ0n) is 21.5. The van der Waals surface area contributed by atoms with Gasteiger partial charge in [0.1, 0.15) is 11.7 Å². The van der Waals surface area contributed by atoms with Crippen LogP contribution in [0, 0.1) is 23.7 Å². The van der Waals surface area contributed by atoms with Gasteiger partial charge >= 0.3 is 0 Å². The van der Waals surface area contributed by atoms with Crippen molar-refractivity contribution in [2.75, 3.05) is 26.7 Å². The van der Waals surface area contributed by atoms with E-state index >= 15 is 0 Å². The Labute approximate surface area is 214 Å².